The number of unbranched alkanes of at least 4 members (excludes halogenated alkanes) is 3. The first-order valence-electron chi connectivity index (χ1n) is 28.1. The minimum atomic E-state index is -0.335. The zero-order valence-corrected chi connectivity index (χ0v) is 45.0. The van der Waals surface area contributed by atoms with Crippen LogP contribution in [0, 0.1) is 0 Å². The molecule has 3 nitrogen and oxygen atoms in total. The molecule has 0 saturated heterocycles. The van der Waals surface area contributed by atoms with Gasteiger partial charge in [-0.3, -0.25) is 0 Å². The van der Waals surface area contributed by atoms with Crippen molar-refractivity contribution in [1.82, 2.24) is 4.57 Å². The Morgan fingerprint density at radius 3 is 1.48 bits per heavy atom. The lowest BCUT2D eigenvalue weighted by Crippen LogP contribution is -2.27. The molecule has 1 unspecified atom stereocenters. The van der Waals surface area contributed by atoms with Crippen molar-refractivity contribution in [2.75, 3.05) is 11.5 Å². The zero-order valence-electron chi connectivity index (χ0n) is 45.0. The van der Waals surface area contributed by atoms with Gasteiger partial charge in [-0.1, -0.05) is 227 Å². The van der Waals surface area contributed by atoms with Crippen molar-refractivity contribution in [3.05, 3.63) is 308 Å². The molecule has 0 fully saturated rings. The molecule has 1 aliphatic carbocycles. The highest BCUT2D eigenvalue weighted by molar-refractivity contribution is 6.11. The molecule has 0 spiro atoms. The topological polar surface area (TPSA) is 17.4 Å². The minimum absolute atomic E-state index is 0.335. The predicted octanol–water partition coefficient (Wildman–Crippen LogP) is 20.9. The van der Waals surface area contributed by atoms with Crippen LogP contribution in [0.25, 0.3) is 84.2 Å². The molecule has 11 aromatic carbocycles. The van der Waals surface area contributed by atoms with Crippen LogP contribution in [0.5, 0.6) is 5.75 Å². The molecule has 0 saturated carbocycles. The maximum absolute atomic E-state index is 6.16. The summed E-state index contributed by atoms with van der Waals surface area (Å²) in [4.78, 5) is 2.45. The lowest BCUT2D eigenvalue weighted by atomic mass is 9.69. The van der Waals surface area contributed by atoms with E-state index in [9.17, 15) is 0 Å². The van der Waals surface area contributed by atoms with Gasteiger partial charge in [0.25, 0.3) is 0 Å². The van der Waals surface area contributed by atoms with Crippen LogP contribution in [0.1, 0.15) is 59.9 Å². The molecule has 80 heavy (non-hydrogen) atoms. The molecule has 0 N–H and O–H groups in total. The summed E-state index contributed by atoms with van der Waals surface area (Å²) in [5.74, 6) is 0.911. The first-order chi connectivity index (χ1) is 39.6. The summed E-state index contributed by atoms with van der Waals surface area (Å²) in [6.45, 7) is 8.57. The quantitative estimate of drug-likeness (QED) is 0.0797. The molecule has 1 aromatic heterocycles. The SMILES string of the molecule is C=Cc1ccc(OCCCCCCC2(c3ccccc3)c3ccccc3-c3ccc(N(c4ccc(-c5ccccc5)cc4)c4ccc(-c5ccc6c(c5)c5cc(-c7ccc(C=C)cc7)ccc5n6-c5ccccc5)cc4)cc32)cc1. The molecule has 0 bridgehead atoms. The maximum Gasteiger partial charge on any atom is 0.119 e. The Kier molecular flexibility index (Phi) is 13.7. The van der Waals surface area contributed by atoms with Crippen LogP contribution in [0.15, 0.2) is 280 Å². The maximum atomic E-state index is 6.16. The van der Waals surface area contributed by atoms with E-state index in [0.717, 1.165) is 77.3 Å². The van der Waals surface area contributed by atoms with Gasteiger partial charge in [0.15, 0.2) is 0 Å². The largest absolute Gasteiger partial charge is 0.494 e. The number of hydrogen-bond donors (Lipinski definition) is 0. The van der Waals surface area contributed by atoms with E-state index in [-0.39, 0.29) is 5.41 Å². The van der Waals surface area contributed by atoms with Crippen LogP contribution in [0.4, 0.5) is 17.1 Å². The monoisotopic (exact) mass is 1030 g/mol. The number of benzene rings is 11. The van der Waals surface area contributed by atoms with Crippen molar-refractivity contribution in [3.63, 3.8) is 0 Å². The molecule has 0 aliphatic heterocycles. The van der Waals surface area contributed by atoms with Crippen molar-refractivity contribution in [1.29, 1.82) is 0 Å². The molecular formula is C77H62N2O. The molecule has 1 heterocycles. The molecule has 12 aromatic rings. The molecule has 3 heteroatoms. The fourth-order valence-electron chi connectivity index (χ4n) is 12.4. The Hall–Kier alpha value is -9.70. The highest BCUT2D eigenvalue weighted by Gasteiger charge is 2.44. The number of ether oxygens (including phenoxy) is 1. The summed E-state index contributed by atoms with van der Waals surface area (Å²) in [5, 5.41) is 2.44. The van der Waals surface area contributed by atoms with E-state index in [1.54, 1.807) is 0 Å². The third-order valence-electron chi connectivity index (χ3n) is 16.4. The second-order valence-electron chi connectivity index (χ2n) is 21.1. The van der Waals surface area contributed by atoms with Crippen LogP contribution in [-0.2, 0) is 5.41 Å². The normalized spacial score (nSPS) is 13.4. The van der Waals surface area contributed by atoms with Crippen molar-refractivity contribution < 1.29 is 4.74 Å². The number of fused-ring (bicyclic) bond motifs is 6. The summed E-state index contributed by atoms with van der Waals surface area (Å²) in [5.41, 5.74) is 22.5. The second-order valence-corrected chi connectivity index (χ2v) is 21.1. The third kappa shape index (κ3) is 9.41. The van der Waals surface area contributed by atoms with Gasteiger partial charge < -0.3 is 14.2 Å². The number of para-hydroxylation sites is 1. The highest BCUT2D eigenvalue weighted by atomic mass is 16.5. The summed E-state index contributed by atoms with van der Waals surface area (Å²) < 4.78 is 8.55. The zero-order chi connectivity index (χ0) is 53.8. The second kappa shape index (κ2) is 22.0. The predicted molar refractivity (Wildman–Crippen MR) is 339 cm³/mol. The van der Waals surface area contributed by atoms with E-state index in [2.05, 4.69) is 277 Å². The summed E-state index contributed by atoms with van der Waals surface area (Å²) >= 11 is 0. The molecule has 0 amide bonds. The van der Waals surface area contributed by atoms with Gasteiger partial charge in [-0.25, -0.2) is 0 Å². The van der Waals surface area contributed by atoms with Gasteiger partial charge in [-0.2, -0.15) is 0 Å². The first-order valence-corrected chi connectivity index (χ1v) is 28.1. The van der Waals surface area contributed by atoms with Gasteiger partial charge in [0, 0.05) is 38.9 Å². The number of rotatable bonds is 18. The molecule has 1 aliphatic rings. The third-order valence-corrected chi connectivity index (χ3v) is 16.4. The number of aromatic nitrogens is 1. The summed E-state index contributed by atoms with van der Waals surface area (Å²) in [7, 11) is 0. The summed E-state index contributed by atoms with van der Waals surface area (Å²) in [6, 6.07) is 98.0. The molecule has 0 radical (unpaired) electrons. The van der Waals surface area contributed by atoms with Crippen molar-refractivity contribution in [3.8, 4) is 55.9 Å². The smallest absolute Gasteiger partial charge is 0.119 e. The van der Waals surface area contributed by atoms with Crippen LogP contribution in [0.3, 0.4) is 0 Å². The molecule has 1 atom stereocenters. The van der Waals surface area contributed by atoms with E-state index in [1.807, 2.05) is 24.3 Å². The van der Waals surface area contributed by atoms with E-state index in [1.165, 1.54) is 77.4 Å². The standard InChI is InChI=1S/C77H62N2O/c1-3-55-28-32-59(33-29-55)61-38-48-75-71(52-61)72-53-62(39-49-76(72)79(75)64-24-14-9-15-25-64)60-36-42-66(43-37-60)78(65-40-34-58(35-41-65)57-20-10-7-11-21-57)67-44-47-70-69-26-16-17-27-73(69)77(74(70)54-67,63-22-12-8-13-23-63)50-18-5-6-19-51-80-68-45-30-56(4-2)31-46-68/h3-4,7-17,20-49,52-54H,1-2,5-6,18-19,50-51H2. The average molecular weight is 1030 g/mol. The number of hydrogen-bond acceptors (Lipinski definition) is 2. The lowest BCUT2D eigenvalue weighted by Gasteiger charge is -2.34. The number of nitrogens with zero attached hydrogens (tertiary/aromatic N) is 2. The average Bonchev–Trinajstić information content (AvgIpc) is 3.88. The van der Waals surface area contributed by atoms with Gasteiger partial charge in [-0.15, -0.1) is 0 Å². The molecule has 13 rings (SSSR count). The lowest BCUT2D eigenvalue weighted by molar-refractivity contribution is 0.303. The Morgan fingerprint density at radius 1 is 0.388 bits per heavy atom. The van der Waals surface area contributed by atoms with Crippen LogP contribution in [0.2, 0.25) is 0 Å². The van der Waals surface area contributed by atoms with Crippen LogP contribution >= 0.6 is 0 Å². The fraction of sp³-hybridized carbons (Fsp3) is 0.0909. The number of anilines is 3. The van der Waals surface area contributed by atoms with Crippen molar-refractivity contribution in [2.24, 2.45) is 0 Å². The summed E-state index contributed by atoms with van der Waals surface area (Å²) in [6.07, 6.45) is 9.06. The van der Waals surface area contributed by atoms with Gasteiger partial charge >= 0.3 is 0 Å². The molecule has 386 valence electrons. The minimum Gasteiger partial charge on any atom is -0.494 e. The Balaban J connectivity index is 0.873. The van der Waals surface area contributed by atoms with Gasteiger partial charge in [-0.05, 0) is 170 Å². The van der Waals surface area contributed by atoms with E-state index >= 15 is 0 Å². The van der Waals surface area contributed by atoms with Crippen LogP contribution in [-0.4, -0.2) is 11.2 Å². The van der Waals surface area contributed by atoms with Gasteiger partial charge in [0.05, 0.1) is 17.6 Å². The van der Waals surface area contributed by atoms with Crippen molar-refractivity contribution in [2.45, 2.75) is 37.5 Å². The van der Waals surface area contributed by atoms with Crippen molar-refractivity contribution >= 4 is 51.0 Å². The van der Waals surface area contributed by atoms with E-state index < -0.39 is 0 Å². The Bertz CT molecular complexity index is 4140. The fourth-order valence-corrected chi connectivity index (χ4v) is 12.4. The first kappa shape index (κ1) is 49.8. The van der Waals surface area contributed by atoms with Gasteiger partial charge in [0.2, 0.25) is 0 Å². The molecular weight excluding hydrogens is 969 g/mol. The Morgan fingerprint density at radius 2 is 0.863 bits per heavy atom. The highest BCUT2D eigenvalue weighted by Crippen LogP contribution is 2.56. The van der Waals surface area contributed by atoms with Crippen LogP contribution < -0.4 is 9.64 Å². The van der Waals surface area contributed by atoms with E-state index in [0.29, 0.717) is 6.61 Å². The Labute approximate surface area is 470 Å². The van der Waals surface area contributed by atoms with Gasteiger partial charge in [0.1, 0.15) is 5.75 Å². The van der Waals surface area contributed by atoms with E-state index in [4.69, 9.17) is 4.74 Å².